The van der Waals surface area contributed by atoms with Crippen LogP contribution in [0.5, 0.6) is 0 Å². The zero-order chi connectivity index (χ0) is 13.1. The topological polar surface area (TPSA) is 43.4 Å². The zero-order valence-electron chi connectivity index (χ0n) is 11.1. The van der Waals surface area contributed by atoms with Crippen LogP contribution in [-0.2, 0) is 14.3 Å². The highest BCUT2D eigenvalue weighted by molar-refractivity contribution is 5.90. The average molecular weight is 248 g/mol. The summed E-state index contributed by atoms with van der Waals surface area (Å²) in [4.78, 5) is 22.6. The first-order valence-corrected chi connectivity index (χ1v) is 6.82. The largest absolute Gasteiger partial charge is 0.458 e. The van der Waals surface area contributed by atoms with Crippen molar-refractivity contribution in [2.24, 2.45) is 23.2 Å². The lowest BCUT2D eigenvalue weighted by Crippen LogP contribution is -2.26. The summed E-state index contributed by atoms with van der Waals surface area (Å²) in [6.07, 6.45) is 3.71. The van der Waals surface area contributed by atoms with Gasteiger partial charge in [0, 0.05) is 17.9 Å². The molecule has 0 aromatic heterocycles. The van der Waals surface area contributed by atoms with Crippen molar-refractivity contribution >= 4 is 11.8 Å². The molecule has 3 fully saturated rings. The van der Waals surface area contributed by atoms with Crippen LogP contribution in [0.2, 0.25) is 0 Å². The molecule has 0 radical (unpaired) electrons. The number of hydrogen-bond acceptors (Lipinski definition) is 3. The van der Waals surface area contributed by atoms with Crippen molar-refractivity contribution in [1.29, 1.82) is 0 Å². The molecule has 0 aromatic carbocycles. The molecule has 98 valence electrons. The van der Waals surface area contributed by atoms with Crippen LogP contribution in [0.3, 0.4) is 0 Å². The van der Waals surface area contributed by atoms with Crippen LogP contribution in [-0.4, -0.2) is 17.9 Å². The number of carbonyl (C=O) groups is 2. The summed E-state index contributed by atoms with van der Waals surface area (Å²) in [6, 6.07) is 0. The van der Waals surface area contributed by atoms with Gasteiger partial charge in [-0.1, -0.05) is 13.5 Å². The fraction of sp³-hybridized carbons (Fsp3) is 0.733. The van der Waals surface area contributed by atoms with Crippen molar-refractivity contribution < 1.29 is 14.3 Å². The van der Waals surface area contributed by atoms with Gasteiger partial charge in [0.1, 0.15) is 11.9 Å². The summed E-state index contributed by atoms with van der Waals surface area (Å²) in [7, 11) is 0. The molecule has 0 bridgehead atoms. The molecule has 0 amide bonds. The van der Waals surface area contributed by atoms with E-state index < -0.39 is 0 Å². The van der Waals surface area contributed by atoms with Crippen molar-refractivity contribution in [1.82, 2.24) is 0 Å². The average Bonchev–Trinajstić information content (AvgIpc) is 2.77. The van der Waals surface area contributed by atoms with E-state index in [1.807, 2.05) is 0 Å². The van der Waals surface area contributed by atoms with Gasteiger partial charge in [-0.05, 0) is 43.4 Å². The highest BCUT2D eigenvalue weighted by Gasteiger charge is 2.66. The summed E-state index contributed by atoms with van der Waals surface area (Å²) in [5.41, 5.74) is 0.959. The van der Waals surface area contributed by atoms with Crippen LogP contribution in [0.25, 0.3) is 0 Å². The number of hydrogen-bond donors (Lipinski definition) is 0. The van der Waals surface area contributed by atoms with E-state index in [4.69, 9.17) is 4.74 Å². The maximum Gasteiger partial charge on any atom is 0.334 e. The highest BCUT2D eigenvalue weighted by atomic mass is 16.6. The molecular weight excluding hydrogens is 228 g/mol. The van der Waals surface area contributed by atoms with E-state index in [9.17, 15) is 9.59 Å². The van der Waals surface area contributed by atoms with Crippen LogP contribution in [0.15, 0.2) is 12.2 Å². The minimum Gasteiger partial charge on any atom is -0.458 e. The molecule has 3 aliphatic rings. The van der Waals surface area contributed by atoms with Crippen LogP contribution < -0.4 is 0 Å². The van der Waals surface area contributed by atoms with Gasteiger partial charge in [-0.15, -0.1) is 0 Å². The molecule has 0 N–H and O–H groups in total. The summed E-state index contributed by atoms with van der Waals surface area (Å²) in [6.45, 7) is 7.81. The zero-order valence-corrected chi connectivity index (χ0v) is 11.1. The molecule has 2 aliphatic carbocycles. The van der Waals surface area contributed by atoms with E-state index in [1.165, 1.54) is 0 Å². The normalized spacial score (nSPS) is 45.2. The smallest absolute Gasteiger partial charge is 0.334 e. The van der Waals surface area contributed by atoms with E-state index in [2.05, 4.69) is 13.5 Å². The summed E-state index contributed by atoms with van der Waals surface area (Å²) in [5.74, 6) is 1.61. The molecule has 0 aromatic rings. The third-order valence-electron chi connectivity index (χ3n) is 5.44. The molecule has 1 saturated heterocycles. The van der Waals surface area contributed by atoms with Crippen molar-refractivity contribution in [3.05, 3.63) is 12.2 Å². The first kappa shape index (κ1) is 11.9. The van der Waals surface area contributed by atoms with Crippen molar-refractivity contribution in [2.75, 3.05) is 0 Å². The molecular formula is C15H20O3. The minimum absolute atomic E-state index is 0.0496. The van der Waals surface area contributed by atoms with E-state index in [-0.39, 0.29) is 23.8 Å². The SMILES string of the molecule is C=C1C(=O)O[C@@H]2C[C@]3(C)[C@H](C[C@H]12)[C@@H]3CCC(C)=O. The molecule has 1 aliphatic heterocycles. The number of esters is 1. The Hall–Kier alpha value is -1.12. The van der Waals surface area contributed by atoms with E-state index in [0.29, 0.717) is 29.2 Å². The third kappa shape index (κ3) is 1.56. The van der Waals surface area contributed by atoms with Gasteiger partial charge < -0.3 is 9.53 Å². The van der Waals surface area contributed by atoms with Crippen LogP contribution in [0.4, 0.5) is 0 Å². The molecule has 2 saturated carbocycles. The monoisotopic (exact) mass is 248 g/mol. The molecule has 3 nitrogen and oxygen atoms in total. The molecule has 0 unspecified atom stereocenters. The molecule has 3 heteroatoms. The van der Waals surface area contributed by atoms with E-state index in [0.717, 1.165) is 19.3 Å². The van der Waals surface area contributed by atoms with Crippen molar-refractivity contribution in [3.63, 3.8) is 0 Å². The predicted octanol–water partition coefficient (Wildman–Crippen LogP) is 2.50. The van der Waals surface area contributed by atoms with Gasteiger partial charge in [0.15, 0.2) is 0 Å². The van der Waals surface area contributed by atoms with Crippen molar-refractivity contribution in [3.8, 4) is 0 Å². The molecule has 18 heavy (non-hydrogen) atoms. The number of Topliss-reactive ketones (excluding diaryl/α,β-unsaturated/α-hetero) is 1. The van der Waals surface area contributed by atoms with Gasteiger partial charge in [0.2, 0.25) is 0 Å². The summed E-state index contributed by atoms with van der Waals surface area (Å²) in [5, 5.41) is 0. The fourth-order valence-electron chi connectivity index (χ4n) is 4.25. The second-order valence-corrected chi connectivity index (χ2v) is 6.47. The maximum absolute atomic E-state index is 11.5. The lowest BCUT2D eigenvalue weighted by atomic mass is 9.79. The van der Waals surface area contributed by atoms with E-state index >= 15 is 0 Å². The van der Waals surface area contributed by atoms with Gasteiger partial charge >= 0.3 is 5.97 Å². The lowest BCUT2D eigenvalue weighted by Gasteiger charge is -2.27. The van der Waals surface area contributed by atoms with Crippen molar-refractivity contribution in [2.45, 2.75) is 45.6 Å². The highest BCUT2D eigenvalue weighted by Crippen LogP contribution is 2.70. The Morgan fingerprint density at radius 1 is 1.56 bits per heavy atom. The Bertz CT molecular complexity index is 439. The Labute approximate surface area is 108 Å². The Kier molecular flexibility index (Phi) is 2.45. The van der Waals surface area contributed by atoms with E-state index in [1.54, 1.807) is 6.92 Å². The molecule has 0 spiro atoms. The minimum atomic E-state index is -0.199. The van der Waals surface area contributed by atoms with Gasteiger partial charge in [-0.3, -0.25) is 0 Å². The van der Waals surface area contributed by atoms with Crippen LogP contribution in [0.1, 0.15) is 39.5 Å². The predicted molar refractivity (Wildman–Crippen MR) is 66.7 cm³/mol. The quantitative estimate of drug-likeness (QED) is 0.569. The first-order valence-electron chi connectivity index (χ1n) is 6.82. The fourth-order valence-corrected chi connectivity index (χ4v) is 4.25. The van der Waals surface area contributed by atoms with Crippen LogP contribution >= 0.6 is 0 Å². The number of rotatable bonds is 3. The Morgan fingerprint density at radius 2 is 2.28 bits per heavy atom. The number of ketones is 1. The summed E-state index contributed by atoms with van der Waals surface area (Å²) >= 11 is 0. The second kappa shape index (κ2) is 3.69. The van der Waals surface area contributed by atoms with Gasteiger partial charge in [-0.25, -0.2) is 4.79 Å². The number of fused-ring (bicyclic) bond motifs is 2. The summed E-state index contributed by atoms with van der Waals surface area (Å²) < 4.78 is 5.41. The Morgan fingerprint density at radius 3 is 2.94 bits per heavy atom. The maximum atomic E-state index is 11.5. The van der Waals surface area contributed by atoms with Gasteiger partial charge in [0.25, 0.3) is 0 Å². The first-order chi connectivity index (χ1) is 8.43. The standard InChI is InChI=1S/C15H20O3/c1-8(16)4-5-11-12-6-10-9(2)14(17)18-13(10)7-15(11,12)3/h10-13H,2,4-7H2,1,3H3/t10-,11+,12-,13-,15+/m1/s1. The Balaban J connectivity index is 1.69. The third-order valence-corrected chi connectivity index (χ3v) is 5.44. The number of carbonyl (C=O) groups excluding carboxylic acids is 2. The molecule has 1 heterocycles. The van der Waals surface area contributed by atoms with Crippen LogP contribution in [0, 0.1) is 23.2 Å². The molecule has 5 atom stereocenters. The second-order valence-electron chi connectivity index (χ2n) is 6.47. The van der Waals surface area contributed by atoms with Gasteiger partial charge in [0.05, 0.1) is 0 Å². The number of ether oxygens (including phenoxy) is 1. The van der Waals surface area contributed by atoms with Gasteiger partial charge in [-0.2, -0.15) is 0 Å². The molecule has 3 rings (SSSR count). The lowest BCUT2D eigenvalue weighted by molar-refractivity contribution is -0.140.